The van der Waals surface area contributed by atoms with Crippen molar-refractivity contribution in [3.8, 4) is 6.07 Å². The number of hydrogen-bond donors (Lipinski definition) is 1. The summed E-state index contributed by atoms with van der Waals surface area (Å²) >= 11 is 0. The summed E-state index contributed by atoms with van der Waals surface area (Å²) in [5.41, 5.74) is -0.0589. The van der Waals surface area contributed by atoms with Crippen molar-refractivity contribution in [3.05, 3.63) is 24.0 Å². The molecule has 0 saturated heterocycles. The van der Waals surface area contributed by atoms with E-state index in [1.54, 1.807) is 18.5 Å². The molecule has 3 nitrogen and oxygen atoms in total. The van der Waals surface area contributed by atoms with E-state index in [9.17, 15) is 4.79 Å². The van der Waals surface area contributed by atoms with Crippen LogP contribution in [-0.4, -0.2) is 10.8 Å². The van der Waals surface area contributed by atoms with Crippen LogP contribution < -0.4 is 0 Å². The number of carbonyl (C=O) groups is 1. The van der Waals surface area contributed by atoms with E-state index in [0.29, 0.717) is 18.4 Å². The molecule has 1 aliphatic carbocycles. The zero-order valence-electron chi connectivity index (χ0n) is 6.50. The predicted molar refractivity (Wildman–Crippen MR) is 42.4 cm³/mol. The van der Waals surface area contributed by atoms with E-state index >= 15 is 0 Å². The van der Waals surface area contributed by atoms with E-state index in [1.165, 1.54) is 0 Å². The molecule has 0 amide bonds. The Morgan fingerprint density at radius 1 is 1.67 bits per heavy atom. The first-order valence-corrected chi connectivity index (χ1v) is 3.87. The molecule has 0 radical (unpaired) electrons. The first-order chi connectivity index (χ1) is 5.78. The molecule has 3 heteroatoms. The van der Waals surface area contributed by atoms with Gasteiger partial charge >= 0.3 is 0 Å². The van der Waals surface area contributed by atoms with E-state index in [0.717, 1.165) is 0 Å². The molecule has 0 bridgehead atoms. The molecule has 0 atom stereocenters. The highest BCUT2D eigenvalue weighted by atomic mass is 16.1. The van der Waals surface area contributed by atoms with Crippen LogP contribution in [0.2, 0.25) is 0 Å². The fourth-order valence-corrected chi connectivity index (χ4v) is 1.26. The van der Waals surface area contributed by atoms with Crippen molar-refractivity contribution in [2.45, 2.75) is 12.8 Å². The number of Topliss-reactive ketones (excluding diaryl/α,β-unsaturated/α-hetero) is 1. The molecule has 2 rings (SSSR count). The number of nitriles is 1. The third-order valence-electron chi connectivity index (χ3n) is 2.26. The summed E-state index contributed by atoms with van der Waals surface area (Å²) in [6.45, 7) is 0. The van der Waals surface area contributed by atoms with E-state index in [4.69, 9.17) is 5.26 Å². The molecule has 0 aromatic carbocycles. The van der Waals surface area contributed by atoms with Crippen molar-refractivity contribution < 1.29 is 4.79 Å². The van der Waals surface area contributed by atoms with Crippen LogP contribution in [0, 0.1) is 16.7 Å². The number of nitrogens with one attached hydrogen (secondary N) is 1. The second kappa shape index (κ2) is 2.21. The fourth-order valence-electron chi connectivity index (χ4n) is 1.26. The predicted octanol–water partition coefficient (Wildman–Crippen LogP) is 1.50. The fraction of sp³-hybridized carbons (Fsp3) is 0.333. The number of nitrogens with zero attached hydrogens (tertiary/aromatic N) is 1. The van der Waals surface area contributed by atoms with Crippen molar-refractivity contribution >= 4 is 5.78 Å². The average Bonchev–Trinajstić information content (AvgIpc) is 2.71. The lowest BCUT2D eigenvalue weighted by Gasteiger charge is -2.00. The number of hydrogen-bond acceptors (Lipinski definition) is 2. The highest BCUT2D eigenvalue weighted by Gasteiger charge is 2.50. The summed E-state index contributed by atoms with van der Waals surface area (Å²) in [6.07, 6.45) is 4.77. The highest BCUT2D eigenvalue weighted by Crippen LogP contribution is 2.47. The van der Waals surface area contributed by atoms with E-state index in [2.05, 4.69) is 11.1 Å². The van der Waals surface area contributed by atoms with Gasteiger partial charge in [0.1, 0.15) is 5.41 Å². The largest absolute Gasteiger partial charge is 0.367 e. The lowest BCUT2D eigenvalue weighted by molar-refractivity contribution is 0.0935. The quantitative estimate of drug-likeness (QED) is 0.666. The Morgan fingerprint density at radius 3 is 2.83 bits per heavy atom. The molecule has 1 saturated carbocycles. The third-order valence-corrected chi connectivity index (χ3v) is 2.26. The highest BCUT2D eigenvalue weighted by molar-refractivity contribution is 6.03. The van der Waals surface area contributed by atoms with Gasteiger partial charge in [-0.2, -0.15) is 5.26 Å². The van der Waals surface area contributed by atoms with Crippen LogP contribution in [-0.2, 0) is 0 Å². The number of H-pyrrole nitrogens is 1. The van der Waals surface area contributed by atoms with Gasteiger partial charge in [0.2, 0.25) is 0 Å². The van der Waals surface area contributed by atoms with Gasteiger partial charge in [0, 0.05) is 18.0 Å². The number of rotatable bonds is 2. The smallest absolute Gasteiger partial charge is 0.184 e. The molecule has 0 spiro atoms. The number of aromatic amines is 1. The van der Waals surface area contributed by atoms with Gasteiger partial charge in [-0.15, -0.1) is 0 Å². The van der Waals surface area contributed by atoms with Crippen LogP contribution in [0.25, 0.3) is 0 Å². The topological polar surface area (TPSA) is 56.6 Å². The molecule has 1 N–H and O–H groups in total. The molecule has 12 heavy (non-hydrogen) atoms. The van der Waals surface area contributed by atoms with Crippen molar-refractivity contribution in [2.24, 2.45) is 5.41 Å². The molecular weight excluding hydrogens is 152 g/mol. The van der Waals surface area contributed by atoms with Gasteiger partial charge in [0.15, 0.2) is 5.78 Å². The first-order valence-electron chi connectivity index (χ1n) is 3.87. The summed E-state index contributed by atoms with van der Waals surface area (Å²) in [5, 5.41) is 8.74. The van der Waals surface area contributed by atoms with E-state index < -0.39 is 5.41 Å². The number of carbonyl (C=O) groups excluding carboxylic acids is 1. The van der Waals surface area contributed by atoms with Gasteiger partial charge in [-0.3, -0.25) is 4.79 Å². The minimum Gasteiger partial charge on any atom is -0.367 e. The zero-order chi connectivity index (χ0) is 8.60. The second-order valence-corrected chi connectivity index (χ2v) is 3.12. The Balaban J connectivity index is 2.29. The Morgan fingerprint density at radius 2 is 2.42 bits per heavy atom. The minimum absolute atomic E-state index is 0.0359. The maximum absolute atomic E-state index is 11.6. The standard InChI is InChI=1S/C9H8N2O/c10-6-9(2-3-9)8(12)7-1-4-11-5-7/h1,4-5,11H,2-3H2. The Hall–Kier alpha value is -1.56. The van der Waals surface area contributed by atoms with Crippen LogP contribution in [0.1, 0.15) is 23.2 Å². The maximum Gasteiger partial charge on any atom is 0.184 e. The first kappa shape index (κ1) is 7.11. The van der Waals surface area contributed by atoms with Crippen LogP contribution in [0.3, 0.4) is 0 Å². The molecule has 0 aliphatic heterocycles. The molecule has 1 fully saturated rings. The zero-order valence-corrected chi connectivity index (χ0v) is 6.50. The molecule has 1 aromatic heterocycles. The molecular formula is C9H8N2O. The van der Waals surface area contributed by atoms with Crippen molar-refractivity contribution in [1.29, 1.82) is 5.26 Å². The SMILES string of the molecule is N#CC1(C(=O)c2cc[nH]c2)CC1. The van der Waals surface area contributed by atoms with Crippen LogP contribution >= 0.6 is 0 Å². The molecule has 60 valence electrons. The number of aromatic nitrogens is 1. The maximum atomic E-state index is 11.6. The van der Waals surface area contributed by atoms with E-state index in [1.807, 2.05) is 0 Å². The normalized spacial score (nSPS) is 18.2. The van der Waals surface area contributed by atoms with Gasteiger partial charge in [0.25, 0.3) is 0 Å². The van der Waals surface area contributed by atoms with Crippen molar-refractivity contribution in [3.63, 3.8) is 0 Å². The van der Waals surface area contributed by atoms with Crippen LogP contribution in [0.4, 0.5) is 0 Å². The summed E-state index contributed by atoms with van der Waals surface area (Å²) in [5.74, 6) is -0.0359. The van der Waals surface area contributed by atoms with Gasteiger partial charge < -0.3 is 4.98 Å². The van der Waals surface area contributed by atoms with Gasteiger partial charge in [0.05, 0.1) is 6.07 Å². The summed E-state index contributed by atoms with van der Waals surface area (Å²) in [6, 6.07) is 3.79. The molecule has 1 heterocycles. The van der Waals surface area contributed by atoms with Crippen molar-refractivity contribution in [2.75, 3.05) is 0 Å². The van der Waals surface area contributed by atoms with E-state index in [-0.39, 0.29) is 5.78 Å². The third kappa shape index (κ3) is 0.850. The summed E-state index contributed by atoms with van der Waals surface area (Å²) in [4.78, 5) is 14.4. The Bertz CT molecular complexity index is 341. The molecule has 0 unspecified atom stereocenters. The summed E-state index contributed by atoms with van der Waals surface area (Å²) < 4.78 is 0. The Kier molecular flexibility index (Phi) is 1.31. The monoisotopic (exact) mass is 160 g/mol. The second-order valence-electron chi connectivity index (χ2n) is 3.12. The summed E-state index contributed by atoms with van der Waals surface area (Å²) in [7, 11) is 0. The van der Waals surface area contributed by atoms with Crippen LogP contribution in [0.15, 0.2) is 18.5 Å². The molecule has 1 aromatic rings. The van der Waals surface area contributed by atoms with Gasteiger partial charge in [-0.05, 0) is 18.9 Å². The average molecular weight is 160 g/mol. The van der Waals surface area contributed by atoms with Crippen molar-refractivity contribution in [1.82, 2.24) is 4.98 Å². The lowest BCUT2D eigenvalue weighted by Crippen LogP contribution is -2.12. The number of ketones is 1. The minimum atomic E-state index is -0.678. The van der Waals surface area contributed by atoms with Gasteiger partial charge in [-0.25, -0.2) is 0 Å². The lowest BCUT2D eigenvalue weighted by atomic mass is 9.98. The van der Waals surface area contributed by atoms with Crippen LogP contribution in [0.5, 0.6) is 0 Å². The van der Waals surface area contributed by atoms with Gasteiger partial charge in [-0.1, -0.05) is 0 Å². The Labute approximate surface area is 70.0 Å². The molecule has 1 aliphatic rings.